The molecule has 0 bridgehead atoms. The first kappa shape index (κ1) is 17.2. The molecule has 21 heavy (non-hydrogen) atoms. The third-order valence-corrected chi connectivity index (χ3v) is 3.21. The molecule has 1 atom stereocenters. The summed E-state index contributed by atoms with van der Waals surface area (Å²) in [4.78, 5) is 22.9. The largest absolute Gasteiger partial charge is 0.481 e. The van der Waals surface area contributed by atoms with Crippen LogP contribution in [0.5, 0.6) is 0 Å². The maximum absolute atomic E-state index is 12.0. The summed E-state index contributed by atoms with van der Waals surface area (Å²) in [6.07, 6.45) is 0.779. The van der Waals surface area contributed by atoms with E-state index in [0.29, 0.717) is 12.8 Å². The van der Waals surface area contributed by atoms with Gasteiger partial charge in [-0.15, -0.1) is 0 Å². The van der Waals surface area contributed by atoms with Crippen molar-refractivity contribution in [3.63, 3.8) is 0 Å². The fourth-order valence-corrected chi connectivity index (χ4v) is 2.20. The van der Waals surface area contributed by atoms with Crippen molar-refractivity contribution < 1.29 is 19.4 Å². The molecule has 0 aliphatic carbocycles. The molecule has 1 unspecified atom stereocenters. The van der Waals surface area contributed by atoms with Crippen molar-refractivity contribution in [3.05, 3.63) is 35.4 Å². The Labute approximate surface area is 125 Å². The lowest BCUT2D eigenvalue weighted by atomic mass is 9.98. The van der Waals surface area contributed by atoms with Crippen molar-refractivity contribution in [2.45, 2.75) is 38.6 Å². The highest BCUT2D eigenvalue weighted by Gasteiger charge is 2.29. The molecule has 0 heterocycles. The maximum Gasteiger partial charge on any atom is 0.305 e. The number of hydrogen-bond acceptors (Lipinski definition) is 3. The Morgan fingerprint density at radius 1 is 1.29 bits per heavy atom. The third kappa shape index (κ3) is 6.40. The van der Waals surface area contributed by atoms with E-state index in [-0.39, 0.29) is 18.9 Å². The van der Waals surface area contributed by atoms with Crippen molar-refractivity contribution in [3.8, 4) is 0 Å². The van der Waals surface area contributed by atoms with E-state index < -0.39 is 11.5 Å². The molecular weight excluding hydrogens is 270 g/mol. The van der Waals surface area contributed by atoms with Gasteiger partial charge in [0, 0.05) is 13.5 Å². The van der Waals surface area contributed by atoms with Crippen LogP contribution in [-0.4, -0.2) is 36.2 Å². The average Bonchev–Trinajstić information content (AvgIpc) is 2.37. The Morgan fingerprint density at radius 2 is 1.90 bits per heavy atom. The van der Waals surface area contributed by atoms with Gasteiger partial charge in [0.2, 0.25) is 5.91 Å². The zero-order chi connectivity index (χ0) is 15.9. The molecule has 2 N–H and O–H groups in total. The molecule has 1 rings (SSSR count). The number of ether oxygens (including phenoxy) is 1. The minimum atomic E-state index is -0.964. The van der Waals surface area contributed by atoms with E-state index in [0.717, 1.165) is 5.56 Å². The topological polar surface area (TPSA) is 75.6 Å². The first-order valence-corrected chi connectivity index (χ1v) is 6.92. The SMILES string of the molecule is COCC(C)(CC(=O)O)NC(=O)CCc1ccc(C)cc1. The minimum Gasteiger partial charge on any atom is -0.481 e. The Hall–Kier alpha value is -1.88. The highest BCUT2D eigenvalue weighted by molar-refractivity contribution is 5.78. The predicted molar refractivity (Wildman–Crippen MR) is 80.2 cm³/mol. The number of amides is 1. The summed E-state index contributed by atoms with van der Waals surface area (Å²) in [5.41, 5.74) is 1.38. The van der Waals surface area contributed by atoms with E-state index in [1.165, 1.54) is 12.7 Å². The van der Waals surface area contributed by atoms with E-state index in [4.69, 9.17) is 9.84 Å². The van der Waals surface area contributed by atoms with E-state index in [9.17, 15) is 9.59 Å². The number of hydrogen-bond donors (Lipinski definition) is 2. The van der Waals surface area contributed by atoms with Gasteiger partial charge in [-0.3, -0.25) is 9.59 Å². The summed E-state index contributed by atoms with van der Waals surface area (Å²) in [6, 6.07) is 8.00. The summed E-state index contributed by atoms with van der Waals surface area (Å²) in [7, 11) is 1.48. The van der Waals surface area contributed by atoms with Crippen LogP contribution in [0, 0.1) is 6.92 Å². The van der Waals surface area contributed by atoms with Gasteiger partial charge in [0.15, 0.2) is 0 Å². The molecule has 5 heteroatoms. The predicted octanol–water partition coefficient (Wildman–Crippen LogP) is 1.92. The molecular formula is C16H23NO4. The van der Waals surface area contributed by atoms with Crippen LogP contribution in [0.3, 0.4) is 0 Å². The highest BCUT2D eigenvalue weighted by Crippen LogP contribution is 2.12. The quantitative estimate of drug-likeness (QED) is 0.768. The molecule has 116 valence electrons. The number of nitrogens with one attached hydrogen (secondary N) is 1. The van der Waals surface area contributed by atoms with Gasteiger partial charge >= 0.3 is 5.97 Å². The van der Waals surface area contributed by atoms with E-state index in [1.54, 1.807) is 6.92 Å². The number of carboxylic acids is 1. The summed E-state index contributed by atoms with van der Waals surface area (Å²) in [6.45, 7) is 3.85. The molecule has 1 aromatic carbocycles. The summed E-state index contributed by atoms with van der Waals surface area (Å²) >= 11 is 0. The molecule has 0 aliphatic rings. The van der Waals surface area contributed by atoms with Crippen LogP contribution in [0.15, 0.2) is 24.3 Å². The Bertz CT molecular complexity index is 484. The summed E-state index contributed by atoms with van der Waals surface area (Å²) in [5.74, 6) is -1.13. The van der Waals surface area contributed by atoms with Crippen LogP contribution in [0.1, 0.15) is 30.9 Å². The van der Waals surface area contributed by atoms with Crippen LogP contribution in [0.2, 0.25) is 0 Å². The monoisotopic (exact) mass is 293 g/mol. The zero-order valence-electron chi connectivity index (χ0n) is 12.8. The smallest absolute Gasteiger partial charge is 0.305 e. The van der Waals surface area contributed by atoms with Crippen molar-refractivity contribution in [2.24, 2.45) is 0 Å². The molecule has 0 saturated carbocycles. The van der Waals surface area contributed by atoms with Gasteiger partial charge in [-0.05, 0) is 25.8 Å². The van der Waals surface area contributed by atoms with Gasteiger partial charge < -0.3 is 15.2 Å². The maximum atomic E-state index is 12.0. The normalized spacial score (nSPS) is 13.5. The molecule has 0 aliphatic heterocycles. The lowest BCUT2D eigenvalue weighted by Crippen LogP contribution is -2.50. The van der Waals surface area contributed by atoms with Crippen LogP contribution in [0.25, 0.3) is 0 Å². The fourth-order valence-electron chi connectivity index (χ4n) is 2.20. The number of methoxy groups -OCH3 is 1. The zero-order valence-corrected chi connectivity index (χ0v) is 12.8. The van der Waals surface area contributed by atoms with Gasteiger partial charge in [0.05, 0.1) is 18.6 Å². The number of aliphatic carboxylic acids is 1. The molecule has 1 aromatic rings. The van der Waals surface area contributed by atoms with Crippen LogP contribution >= 0.6 is 0 Å². The Kier molecular flexibility index (Phi) is 6.37. The molecule has 0 radical (unpaired) electrons. The molecule has 5 nitrogen and oxygen atoms in total. The van der Waals surface area contributed by atoms with Crippen LogP contribution < -0.4 is 5.32 Å². The van der Waals surface area contributed by atoms with Crippen LogP contribution in [0.4, 0.5) is 0 Å². The van der Waals surface area contributed by atoms with E-state index >= 15 is 0 Å². The second kappa shape index (κ2) is 7.78. The van der Waals surface area contributed by atoms with Gasteiger partial charge in [-0.25, -0.2) is 0 Å². The number of aryl methyl sites for hydroxylation is 2. The summed E-state index contributed by atoms with van der Waals surface area (Å²) in [5, 5.41) is 11.7. The molecule has 0 saturated heterocycles. The van der Waals surface area contributed by atoms with Crippen molar-refractivity contribution in [1.82, 2.24) is 5.32 Å². The molecule has 0 fully saturated rings. The van der Waals surface area contributed by atoms with Gasteiger partial charge in [-0.2, -0.15) is 0 Å². The number of carboxylic acid groups (broad SMARTS) is 1. The van der Waals surface area contributed by atoms with Gasteiger partial charge in [0.1, 0.15) is 0 Å². The number of benzene rings is 1. The van der Waals surface area contributed by atoms with Crippen molar-refractivity contribution in [1.29, 1.82) is 0 Å². The number of rotatable bonds is 8. The third-order valence-electron chi connectivity index (χ3n) is 3.21. The van der Waals surface area contributed by atoms with Crippen molar-refractivity contribution >= 4 is 11.9 Å². The summed E-state index contributed by atoms with van der Waals surface area (Å²) < 4.78 is 5.01. The van der Waals surface area contributed by atoms with Crippen molar-refractivity contribution in [2.75, 3.05) is 13.7 Å². The van der Waals surface area contributed by atoms with Gasteiger partial charge in [-0.1, -0.05) is 29.8 Å². The standard InChI is InChI=1S/C16H23NO4/c1-12-4-6-13(7-5-12)8-9-14(18)17-16(2,11-21-3)10-15(19)20/h4-7H,8-11H2,1-3H3,(H,17,18)(H,19,20). The molecule has 1 amide bonds. The first-order chi connectivity index (χ1) is 9.84. The lowest BCUT2D eigenvalue weighted by molar-refractivity contribution is -0.139. The molecule has 0 spiro atoms. The highest BCUT2D eigenvalue weighted by atomic mass is 16.5. The second-order valence-corrected chi connectivity index (χ2v) is 5.60. The lowest BCUT2D eigenvalue weighted by Gasteiger charge is -2.28. The van der Waals surface area contributed by atoms with E-state index in [1.807, 2.05) is 31.2 Å². The second-order valence-electron chi connectivity index (χ2n) is 5.60. The van der Waals surface area contributed by atoms with E-state index in [2.05, 4.69) is 5.32 Å². The van der Waals surface area contributed by atoms with Gasteiger partial charge in [0.25, 0.3) is 0 Å². The average molecular weight is 293 g/mol. The minimum absolute atomic E-state index is 0.162. The fraction of sp³-hybridized carbons (Fsp3) is 0.500. The Morgan fingerprint density at radius 3 is 2.43 bits per heavy atom. The first-order valence-electron chi connectivity index (χ1n) is 6.92. The number of carbonyl (C=O) groups excluding carboxylic acids is 1. The van der Waals surface area contributed by atoms with Crippen LogP contribution in [-0.2, 0) is 20.7 Å². The molecule has 0 aromatic heterocycles. The number of carbonyl (C=O) groups is 2. The Balaban J connectivity index is 2.53.